The lowest BCUT2D eigenvalue weighted by Crippen LogP contribution is -2.20. The first-order chi connectivity index (χ1) is 11.3. The maximum atomic E-state index is 5.52. The lowest BCUT2D eigenvalue weighted by Gasteiger charge is -2.20. The summed E-state index contributed by atoms with van der Waals surface area (Å²) in [6.07, 6.45) is 3.11. The fraction of sp³-hybridized carbons (Fsp3) is 0.368. The fourth-order valence-corrected chi connectivity index (χ4v) is 3.60. The molecule has 1 aliphatic rings. The third-order valence-corrected chi connectivity index (χ3v) is 5.20. The van der Waals surface area contributed by atoms with Crippen molar-refractivity contribution in [2.45, 2.75) is 17.2 Å². The summed E-state index contributed by atoms with van der Waals surface area (Å²) in [6, 6.07) is 13.2. The molecule has 0 bridgehead atoms. The molecular weight excluding hydrogens is 306 g/mol. The topological polar surface area (TPSA) is 30.5 Å². The van der Waals surface area contributed by atoms with Gasteiger partial charge in [-0.25, -0.2) is 0 Å². The molecular formula is C19H23NO2S. The molecule has 4 heteroatoms. The summed E-state index contributed by atoms with van der Waals surface area (Å²) in [5, 5.41) is 3.56. The Kier molecular flexibility index (Phi) is 5.13. The lowest BCUT2D eigenvalue weighted by atomic mass is 9.88. The molecule has 23 heavy (non-hydrogen) atoms. The number of nitrogens with one attached hydrogen (secondary N) is 1. The van der Waals surface area contributed by atoms with Gasteiger partial charge in [-0.3, -0.25) is 0 Å². The average molecular weight is 329 g/mol. The van der Waals surface area contributed by atoms with Gasteiger partial charge in [-0.2, -0.15) is 0 Å². The molecule has 3 rings (SSSR count). The van der Waals surface area contributed by atoms with Gasteiger partial charge >= 0.3 is 0 Å². The van der Waals surface area contributed by atoms with Gasteiger partial charge in [0.15, 0.2) is 11.5 Å². The first-order valence-corrected chi connectivity index (χ1v) is 9.08. The van der Waals surface area contributed by atoms with Gasteiger partial charge < -0.3 is 14.8 Å². The summed E-state index contributed by atoms with van der Waals surface area (Å²) < 4.78 is 11.0. The minimum absolute atomic E-state index is 0.336. The summed E-state index contributed by atoms with van der Waals surface area (Å²) in [5.41, 5.74) is 4.02. The highest BCUT2D eigenvalue weighted by Gasteiger charge is 2.22. The molecule has 0 fully saturated rings. The van der Waals surface area contributed by atoms with Gasteiger partial charge in [-0.1, -0.05) is 12.1 Å². The lowest BCUT2D eigenvalue weighted by molar-refractivity contribution is 0.354. The zero-order valence-corrected chi connectivity index (χ0v) is 14.7. The van der Waals surface area contributed by atoms with E-state index in [4.69, 9.17) is 9.47 Å². The minimum atomic E-state index is 0.336. The summed E-state index contributed by atoms with van der Waals surface area (Å²) in [6.45, 7) is 1.93. The van der Waals surface area contributed by atoms with Crippen molar-refractivity contribution < 1.29 is 9.47 Å². The van der Waals surface area contributed by atoms with Crippen molar-refractivity contribution in [2.24, 2.45) is 0 Å². The Bertz CT molecular complexity index is 670. The monoisotopic (exact) mass is 329 g/mol. The fourth-order valence-electron chi connectivity index (χ4n) is 3.19. The van der Waals surface area contributed by atoms with Crippen LogP contribution in [0.1, 0.15) is 22.6 Å². The number of hydrogen-bond acceptors (Lipinski definition) is 4. The van der Waals surface area contributed by atoms with Crippen LogP contribution >= 0.6 is 11.8 Å². The molecule has 1 aliphatic heterocycles. The molecule has 0 amide bonds. The second-order valence-electron chi connectivity index (χ2n) is 5.69. The first kappa shape index (κ1) is 16.2. The van der Waals surface area contributed by atoms with Crippen LogP contribution in [0.4, 0.5) is 0 Å². The summed E-state index contributed by atoms with van der Waals surface area (Å²) in [4.78, 5) is 1.29. The summed E-state index contributed by atoms with van der Waals surface area (Å²) in [5.74, 6) is 1.95. The van der Waals surface area contributed by atoms with Crippen molar-refractivity contribution in [3.05, 3.63) is 53.1 Å². The first-order valence-electron chi connectivity index (χ1n) is 7.86. The Labute approximate surface area is 142 Å². The van der Waals surface area contributed by atoms with Crippen molar-refractivity contribution in [3.63, 3.8) is 0 Å². The van der Waals surface area contributed by atoms with Crippen LogP contribution in [0, 0.1) is 0 Å². The van der Waals surface area contributed by atoms with Crippen molar-refractivity contribution >= 4 is 11.8 Å². The zero-order chi connectivity index (χ0) is 16.2. The van der Waals surface area contributed by atoms with E-state index in [0.717, 1.165) is 31.0 Å². The van der Waals surface area contributed by atoms with E-state index < -0.39 is 0 Å². The maximum absolute atomic E-state index is 5.52. The van der Waals surface area contributed by atoms with E-state index in [1.54, 1.807) is 26.0 Å². The third kappa shape index (κ3) is 3.33. The maximum Gasteiger partial charge on any atom is 0.161 e. The predicted octanol–water partition coefficient (Wildman–Crippen LogP) is 3.70. The van der Waals surface area contributed by atoms with Gasteiger partial charge in [-0.05, 0) is 60.2 Å². The molecule has 3 nitrogen and oxygen atoms in total. The number of ether oxygens (including phenoxy) is 2. The molecule has 122 valence electrons. The molecule has 2 aromatic rings. The van der Waals surface area contributed by atoms with Crippen molar-refractivity contribution in [1.29, 1.82) is 0 Å². The Morgan fingerprint density at radius 2 is 1.74 bits per heavy atom. The smallest absolute Gasteiger partial charge is 0.161 e. The Morgan fingerprint density at radius 3 is 2.39 bits per heavy atom. The molecule has 1 unspecified atom stereocenters. The van der Waals surface area contributed by atoms with Crippen LogP contribution in [0.2, 0.25) is 0 Å². The van der Waals surface area contributed by atoms with E-state index in [9.17, 15) is 0 Å². The highest BCUT2D eigenvalue weighted by Crippen LogP contribution is 2.37. The third-order valence-electron chi connectivity index (χ3n) is 4.46. The van der Waals surface area contributed by atoms with Crippen LogP contribution in [0.25, 0.3) is 0 Å². The highest BCUT2D eigenvalue weighted by atomic mass is 32.2. The van der Waals surface area contributed by atoms with Crippen molar-refractivity contribution in [3.8, 4) is 11.5 Å². The highest BCUT2D eigenvalue weighted by molar-refractivity contribution is 7.98. The molecule has 1 heterocycles. The number of fused-ring (bicyclic) bond motifs is 1. The van der Waals surface area contributed by atoms with E-state index in [-0.39, 0.29) is 0 Å². The van der Waals surface area contributed by atoms with Crippen LogP contribution in [-0.2, 0) is 6.42 Å². The molecule has 1 atom stereocenters. The Balaban J connectivity index is 2.05. The molecule has 0 spiro atoms. The molecule has 0 radical (unpaired) electrons. The number of hydrogen-bond donors (Lipinski definition) is 1. The van der Waals surface area contributed by atoms with Gasteiger partial charge in [0.25, 0.3) is 0 Å². The second kappa shape index (κ2) is 7.28. The van der Waals surface area contributed by atoms with E-state index >= 15 is 0 Å². The summed E-state index contributed by atoms with van der Waals surface area (Å²) in [7, 11) is 3.39. The van der Waals surface area contributed by atoms with E-state index in [1.165, 1.54) is 21.6 Å². The molecule has 0 saturated carbocycles. The standard InChI is InChI=1S/C19H23NO2S/c1-21-18-10-14-8-9-20-12-17(16(14)11-19(18)22-2)13-4-6-15(23-3)7-5-13/h4-7,10-11,17,20H,8-9,12H2,1-3H3. The van der Waals surface area contributed by atoms with E-state index in [2.05, 4.69) is 48.0 Å². The minimum Gasteiger partial charge on any atom is -0.493 e. The van der Waals surface area contributed by atoms with Crippen molar-refractivity contribution in [2.75, 3.05) is 33.6 Å². The van der Waals surface area contributed by atoms with Gasteiger partial charge in [0.2, 0.25) is 0 Å². The van der Waals surface area contributed by atoms with Gasteiger partial charge in [0.1, 0.15) is 0 Å². The van der Waals surface area contributed by atoms with Crippen LogP contribution in [-0.4, -0.2) is 33.6 Å². The Hall–Kier alpha value is -1.65. The average Bonchev–Trinajstić information content (AvgIpc) is 2.82. The normalized spacial score (nSPS) is 17.3. The Morgan fingerprint density at radius 1 is 1.04 bits per heavy atom. The molecule has 0 aliphatic carbocycles. The molecule has 1 N–H and O–H groups in total. The van der Waals surface area contributed by atoms with Gasteiger partial charge in [0.05, 0.1) is 14.2 Å². The van der Waals surface area contributed by atoms with E-state index in [0.29, 0.717) is 5.92 Å². The van der Waals surface area contributed by atoms with Crippen LogP contribution in [0.3, 0.4) is 0 Å². The molecule has 2 aromatic carbocycles. The quantitative estimate of drug-likeness (QED) is 0.867. The largest absolute Gasteiger partial charge is 0.493 e. The van der Waals surface area contributed by atoms with Gasteiger partial charge in [0, 0.05) is 17.4 Å². The SMILES string of the molecule is COc1cc2c(cc1OC)C(c1ccc(SC)cc1)CNCC2. The molecule has 0 aromatic heterocycles. The van der Waals surface area contributed by atoms with Crippen molar-refractivity contribution in [1.82, 2.24) is 5.32 Å². The predicted molar refractivity (Wildman–Crippen MR) is 96.2 cm³/mol. The number of rotatable bonds is 4. The summed E-state index contributed by atoms with van der Waals surface area (Å²) >= 11 is 1.77. The van der Waals surface area contributed by atoms with Crippen LogP contribution in [0.5, 0.6) is 11.5 Å². The number of thioether (sulfide) groups is 1. The number of benzene rings is 2. The molecule has 0 saturated heterocycles. The van der Waals surface area contributed by atoms with Crippen LogP contribution in [0.15, 0.2) is 41.3 Å². The number of methoxy groups -OCH3 is 2. The van der Waals surface area contributed by atoms with E-state index in [1.807, 2.05) is 0 Å². The van der Waals surface area contributed by atoms with Crippen LogP contribution < -0.4 is 14.8 Å². The zero-order valence-electron chi connectivity index (χ0n) is 13.9. The van der Waals surface area contributed by atoms with Gasteiger partial charge in [-0.15, -0.1) is 11.8 Å². The second-order valence-corrected chi connectivity index (χ2v) is 6.57.